The number of thioether (sulfide) groups is 1. The summed E-state index contributed by atoms with van der Waals surface area (Å²) in [6.45, 7) is 8.22. The predicted molar refractivity (Wildman–Crippen MR) is 173 cm³/mol. The molecule has 5 rings (SSSR count). The number of fused-ring (bicyclic) bond motifs is 1. The summed E-state index contributed by atoms with van der Waals surface area (Å²) in [7, 11) is -1.78. The van der Waals surface area contributed by atoms with E-state index >= 15 is 0 Å². The molecule has 3 aliphatic heterocycles. The summed E-state index contributed by atoms with van der Waals surface area (Å²) in [5, 5.41) is 19.7. The quantitative estimate of drug-likeness (QED) is 0.184. The summed E-state index contributed by atoms with van der Waals surface area (Å²) in [5.74, 6) is -0.344. The normalized spacial score (nSPS) is 34.5. The standard InChI is InChI=1S/C29H49ClN6O7S2/c1-29(2,3)43-28(39)35-12-8-17(9-13-35)45(40,41)18-6-7-21-24(14-18)44-27(32-21)34-26(38)33-25(37)19-15-22(36-11-5-10-31-36)23(42-4)16-20(19)30/h16-22,24,27-28,31-32,39H,5-15H2,1-4H3,(H2,33,34,37,38). The summed E-state index contributed by atoms with van der Waals surface area (Å²) >= 11 is 8.04. The van der Waals surface area contributed by atoms with Gasteiger partial charge in [0.1, 0.15) is 11.3 Å². The minimum Gasteiger partial charge on any atom is -0.500 e. The van der Waals surface area contributed by atoms with Gasteiger partial charge in [0.15, 0.2) is 9.84 Å². The summed E-state index contributed by atoms with van der Waals surface area (Å²) < 4.78 is 38.5. The third kappa shape index (κ3) is 8.47. The molecule has 3 amide bonds. The molecule has 0 spiro atoms. The highest BCUT2D eigenvalue weighted by atomic mass is 35.5. The van der Waals surface area contributed by atoms with Gasteiger partial charge in [0.2, 0.25) is 12.3 Å². The Hall–Kier alpha value is -1.17. The minimum absolute atomic E-state index is 0.0264. The second-order valence-corrected chi connectivity index (χ2v) is 18.0. The van der Waals surface area contributed by atoms with Gasteiger partial charge in [-0.15, -0.1) is 23.4 Å². The van der Waals surface area contributed by atoms with Crippen molar-refractivity contribution in [3.05, 3.63) is 11.8 Å². The van der Waals surface area contributed by atoms with Crippen molar-refractivity contribution in [2.45, 2.75) is 116 Å². The number of methoxy groups -OCH3 is 1. The molecule has 3 heterocycles. The highest BCUT2D eigenvalue weighted by Gasteiger charge is 2.46. The molecule has 16 heteroatoms. The van der Waals surface area contributed by atoms with E-state index in [1.54, 1.807) is 18.1 Å². The topological polar surface area (TPSA) is 162 Å². The second kappa shape index (κ2) is 14.5. The number of nitrogens with one attached hydrogen (secondary N) is 4. The fraction of sp³-hybridized carbons (Fsp3) is 0.862. The average molecular weight is 693 g/mol. The van der Waals surface area contributed by atoms with Crippen LogP contribution in [-0.2, 0) is 24.1 Å². The minimum atomic E-state index is -3.37. The van der Waals surface area contributed by atoms with Crippen molar-refractivity contribution in [2.24, 2.45) is 5.92 Å². The molecule has 8 unspecified atom stereocenters. The van der Waals surface area contributed by atoms with Crippen molar-refractivity contribution in [3.8, 4) is 0 Å². The van der Waals surface area contributed by atoms with Crippen LogP contribution in [0, 0.1) is 5.92 Å². The van der Waals surface area contributed by atoms with Gasteiger partial charge < -0.3 is 19.9 Å². The van der Waals surface area contributed by atoms with Gasteiger partial charge in [-0.25, -0.2) is 18.2 Å². The van der Waals surface area contributed by atoms with Crippen molar-refractivity contribution < 1.29 is 32.6 Å². The maximum Gasteiger partial charge on any atom is 0.323 e. The number of amides is 3. The third-order valence-electron chi connectivity index (χ3n) is 9.45. The number of sulfone groups is 1. The summed E-state index contributed by atoms with van der Waals surface area (Å²) in [5.41, 5.74) is 2.37. The number of aliphatic hydroxyl groups is 1. The lowest BCUT2D eigenvalue weighted by atomic mass is 9.88. The maximum absolute atomic E-state index is 13.6. The van der Waals surface area contributed by atoms with Crippen molar-refractivity contribution in [3.63, 3.8) is 0 Å². The van der Waals surface area contributed by atoms with E-state index in [2.05, 4.69) is 26.4 Å². The first-order valence-electron chi connectivity index (χ1n) is 16.0. The molecule has 0 aromatic rings. The number of carbonyl (C=O) groups excluding carboxylic acids is 2. The molecule has 5 N–H and O–H groups in total. The molecule has 45 heavy (non-hydrogen) atoms. The molecule has 13 nitrogen and oxygen atoms in total. The van der Waals surface area contributed by atoms with E-state index < -0.39 is 61.1 Å². The zero-order valence-electron chi connectivity index (χ0n) is 26.5. The van der Waals surface area contributed by atoms with Crippen LogP contribution in [0.2, 0.25) is 0 Å². The van der Waals surface area contributed by atoms with Crippen LogP contribution in [0.15, 0.2) is 11.8 Å². The number of allylic oxidation sites excluding steroid dienone is 1. The highest BCUT2D eigenvalue weighted by Crippen LogP contribution is 2.40. The molecule has 0 bridgehead atoms. The van der Waals surface area contributed by atoms with Crippen LogP contribution in [0.4, 0.5) is 4.79 Å². The number of nitrogens with zero attached hydrogens (tertiary/aromatic N) is 2. The number of hydrogen-bond acceptors (Lipinski definition) is 12. The second-order valence-electron chi connectivity index (χ2n) is 13.6. The number of likely N-dealkylation sites (tertiary alicyclic amines) is 1. The number of urea groups is 1. The van der Waals surface area contributed by atoms with Crippen LogP contribution in [0.3, 0.4) is 0 Å². The lowest BCUT2D eigenvalue weighted by molar-refractivity contribution is -0.241. The Labute approximate surface area is 275 Å². The number of imide groups is 1. The molecule has 1 saturated carbocycles. The smallest absolute Gasteiger partial charge is 0.323 e. The Bertz CT molecular complexity index is 1210. The molecule has 256 valence electrons. The maximum atomic E-state index is 13.6. The zero-order valence-corrected chi connectivity index (χ0v) is 28.9. The number of hydrazine groups is 1. The van der Waals surface area contributed by atoms with Crippen molar-refractivity contribution in [1.29, 1.82) is 0 Å². The molecule has 4 fully saturated rings. The Balaban J connectivity index is 1.09. The Morgan fingerprint density at radius 1 is 1.13 bits per heavy atom. The van der Waals surface area contributed by atoms with E-state index in [0.29, 0.717) is 57.4 Å². The molecule has 0 aromatic carbocycles. The van der Waals surface area contributed by atoms with Crippen molar-refractivity contribution >= 4 is 45.1 Å². The van der Waals surface area contributed by atoms with Gasteiger partial charge in [-0.2, -0.15) is 0 Å². The summed E-state index contributed by atoms with van der Waals surface area (Å²) in [6.07, 6.45) is 4.79. The Kier molecular flexibility index (Phi) is 11.3. The van der Waals surface area contributed by atoms with E-state index in [-0.39, 0.29) is 17.3 Å². The van der Waals surface area contributed by atoms with E-state index in [1.165, 1.54) is 11.8 Å². The number of halogens is 1. The number of alkyl halides is 1. The lowest BCUT2D eigenvalue weighted by Crippen LogP contribution is -2.53. The van der Waals surface area contributed by atoms with Gasteiger partial charge in [0.25, 0.3) is 0 Å². The molecular weight excluding hydrogens is 644 g/mol. The van der Waals surface area contributed by atoms with Crippen LogP contribution in [0.25, 0.3) is 0 Å². The van der Waals surface area contributed by atoms with E-state index in [0.717, 1.165) is 19.5 Å². The molecule has 2 aliphatic carbocycles. The van der Waals surface area contributed by atoms with Crippen LogP contribution in [0.5, 0.6) is 0 Å². The van der Waals surface area contributed by atoms with E-state index in [1.807, 2.05) is 20.8 Å². The molecule has 8 atom stereocenters. The van der Waals surface area contributed by atoms with E-state index in [4.69, 9.17) is 21.1 Å². The SMILES string of the molecule is COC1=CC(Cl)C(C(=O)NC(=O)NC2NC3CCC(S(=O)(=O)C4CCN(C(O)OC(C)(C)C)CC4)CC3S2)CC1N1CCCN1. The van der Waals surface area contributed by atoms with E-state index in [9.17, 15) is 23.1 Å². The number of aliphatic hydroxyl groups excluding tert-OH is 1. The van der Waals surface area contributed by atoms with Crippen molar-refractivity contribution in [1.82, 2.24) is 31.3 Å². The number of piperidine rings is 1. The molecule has 5 aliphatic rings. The van der Waals surface area contributed by atoms with Gasteiger partial charge in [0, 0.05) is 37.5 Å². The molecule has 3 saturated heterocycles. The first-order valence-corrected chi connectivity index (χ1v) is 19.0. The number of rotatable bonds is 8. The van der Waals surface area contributed by atoms with Gasteiger partial charge >= 0.3 is 6.03 Å². The Morgan fingerprint density at radius 3 is 2.51 bits per heavy atom. The average Bonchev–Trinajstić information content (AvgIpc) is 3.65. The lowest BCUT2D eigenvalue weighted by Gasteiger charge is -2.39. The Morgan fingerprint density at radius 2 is 1.87 bits per heavy atom. The first-order chi connectivity index (χ1) is 21.2. The fourth-order valence-corrected chi connectivity index (χ4v) is 11.4. The predicted octanol–water partition coefficient (Wildman–Crippen LogP) is 1.43. The molecule has 0 radical (unpaired) electrons. The van der Waals surface area contributed by atoms with Crippen LogP contribution in [0.1, 0.15) is 65.7 Å². The third-order valence-corrected chi connectivity index (χ3v) is 14.0. The molecule has 0 aromatic heterocycles. The number of carbonyl (C=O) groups is 2. The van der Waals surface area contributed by atoms with Crippen molar-refractivity contribution in [2.75, 3.05) is 33.3 Å². The van der Waals surface area contributed by atoms with Gasteiger partial charge in [-0.05, 0) is 71.8 Å². The van der Waals surface area contributed by atoms with Gasteiger partial charge in [-0.1, -0.05) is 0 Å². The zero-order chi connectivity index (χ0) is 32.5. The van der Waals surface area contributed by atoms with Crippen LogP contribution in [-0.4, -0.2) is 119 Å². The summed E-state index contributed by atoms with van der Waals surface area (Å²) in [6, 6.07) is -0.684. The summed E-state index contributed by atoms with van der Waals surface area (Å²) in [4.78, 5) is 27.8. The monoisotopic (exact) mass is 692 g/mol. The molecular formula is C29H49ClN6O7S2. The fourth-order valence-electron chi connectivity index (χ4n) is 7.09. The first kappa shape index (κ1) is 35.1. The largest absolute Gasteiger partial charge is 0.500 e. The van der Waals surface area contributed by atoms with Gasteiger partial charge in [-0.3, -0.25) is 25.8 Å². The van der Waals surface area contributed by atoms with Crippen LogP contribution < -0.4 is 21.4 Å². The number of hydrogen-bond donors (Lipinski definition) is 5. The highest BCUT2D eigenvalue weighted by molar-refractivity contribution is 8.00. The number of ether oxygens (including phenoxy) is 2. The van der Waals surface area contributed by atoms with Gasteiger partial charge in [0.05, 0.1) is 40.5 Å². The van der Waals surface area contributed by atoms with Crippen LogP contribution >= 0.6 is 23.4 Å².